The number of hydrogen-bond acceptors (Lipinski definition) is 5. The van der Waals surface area contributed by atoms with Crippen LogP contribution < -0.4 is 19.5 Å². The number of H-pyrrole nitrogens is 1. The second kappa shape index (κ2) is 7.52. The smallest absolute Gasteiger partial charge is 0.139 e. The summed E-state index contributed by atoms with van der Waals surface area (Å²) in [7, 11) is 4.94. The maximum absolute atomic E-state index is 5.39. The van der Waals surface area contributed by atoms with Gasteiger partial charge in [-0.2, -0.15) is 0 Å². The predicted octanol–water partition coefficient (Wildman–Crippen LogP) is 5.00. The molecule has 0 aliphatic heterocycles. The van der Waals surface area contributed by atoms with E-state index in [1.54, 1.807) is 27.5 Å². The summed E-state index contributed by atoms with van der Waals surface area (Å²) in [6.45, 7) is 0. The first-order valence-corrected chi connectivity index (χ1v) is 8.82. The van der Waals surface area contributed by atoms with E-state index in [0.717, 1.165) is 50.9 Å². The van der Waals surface area contributed by atoms with Crippen molar-refractivity contribution >= 4 is 22.4 Å². The lowest BCUT2D eigenvalue weighted by Gasteiger charge is -2.08. The summed E-state index contributed by atoms with van der Waals surface area (Å²) in [6, 6.07) is 17.6. The molecule has 0 aliphatic carbocycles. The van der Waals surface area contributed by atoms with Crippen molar-refractivity contribution in [1.29, 1.82) is 0 Å². The zero-order valence-corrected chi connectivity index (χ0v) is 15.9. The van der Waals surface area contributed by atoms with Crippen LogP contribution in [0.25, 0.3) is 22.2 Å². The Balaban J connectivity index is 1.75. The van der Waals surface area contributed by atoms with Crippen molar-refractivity contribution < 1.29 is 14.2 Å². The third-order valence-electron chi connectivity index (χ3n) is 4.54. The number of hydrogen-bond donors (Lipinski definition) is 2. The minimum Gasteiger partial charge on any atom is -0.497 e. The van der Waals surface area contributed by atoms with Crippen molar-refractivity contribution in [1.82, 2.24) is 9.97 Å². The Morgan fingerprint density at radius 2 is 1.57 bits per heavy atom. The number of nitrogens with one attached hydrogen (secondary N) is 2. The van der Waals surface area contributed by atoms with Crippen LogP contribution in [-0.4, -0.2) is 31.3 Å². The number of anilines is 2. The molecule has 6 heteroatoms. The molecule has 2 aromatic carbocycles. The Morgan fingerprint density at radius 1 is 0.821 bits per heavy atom. The highest BCUT2D eigenvalue weighted by molar-refractivity contribution is 5.95. The quantitative estimate of drug-likeness (QED) is 0.496. The average Bonchev–Trinajstić information content (AvgIpc) is 3.19. The highest BCUT2D eigenvalue weighted by Crippen LogP contribution is 2.33. The molecule has 0 unspecified atom stereocenters. The second-order valence-corrected chi connectivity index (χ2v) is 6.26. The van der Waals surface area contributed by atoms with Gasteiger partial charge in [0.05, 0.1) is 26.8 Å². The molecule has 0 amide bonds. The molecule has 2 heterocycles. The number of fused-ring (bicyclic) bond motifs is 1. The molecule has 2 aromatic heterocycles. The topological polar surface area (TPSA) is 68.4 Å². The molecule has 4 aromatic rings. The van der Waals surface area contributed by atoms with E-state index in [-0.39, 0.29) is 0 Å². The molecule has 0 bridgehead atoms. The van der Waals surface area contributed by atoms with Gasteiger partial charge in [0.25, 0.3) is 0 Å². The van der Waals surface area contributed by atoms with Gasteiger partial charge in [0, 0.05) is 40.7 Å². The summed E-state index contributed by atoms with van der Waals surface area (Å²) >= 11 is 0. The van der Waals surface area contributed by atoms with E-state index in [9.17, 15) is 0 Å². The number of aromatic amines is 1. The molecule has 0 atom stereocenters. The first-order valence-electron chi connectivity index (χ1n) is 8.82. The van der Waals surface area contributed by atoms with Crippen molar-refractivity contribution in [2.75, 3.05) is 26.6 Å². The normalized spacial score (nSPS) is 10.7. The Hall–Kier alpha value is -3.67. The van der Waals surface area contributed by atoms with E-state index in [0.29, 0.717) is 0 Å². The minimum absolute atomic E-state index is 0.737. The van der Waals surface area contributed by atoms with Gasteiger partial charge in [0.15, 0.2) is 0 Å². The van der Waals surface area contributed by atoms with Crippen LogP contribution in [0.2, 0.25) is 0 Å². The van der Waals surface area contributed by atoms with Crippen LogP contribution in [-0.2, 0) is 0 Å². The molecule has 6 nitrogen and oxygen atoms in total. The molecular weight excluding hydrogens is 354 g/mol. The fraction of sp³-hybridized carbons (Fsp3) is 0.136. The first-order chi connectivity index (χ1) is 13.7. The van der Waals surface area contributed by atoms with Crippen LogP contribution in [0.4, 0.5) is 11.5 Å². The van der Waals surface area contributed by atoms with Crippen molar-refractivity contribution in [2.45, 2.75) is 0 Å². The van der Waals surface area contributed by atoms with Crippen LogP contribution in [0.3, 0.4) is 0 Å². The number of aromatic nitrogens is 2. The second-order valence-electron chi connectivity index (χ2n) is 6.26. The van der Waals surface area contributed by atoms with Gasteiger partial charge in [0.2, 0.25) is 0 Å². The maximum Gasteiger partial charge on any atom is 0.139 e. The molecule has 4 rings (SSSR count). The first kappa shape index (κ1) is 17.7. The molecule has 28 heavy (non-hydrogen) atoms. The van der Waals surface area contributed by atoms with E-state index >= 15 is 0 Å². The SMILES string of the molecule is COc1cccc(Nc2nccc3[nH]c(-c4cc(OC)cc(OC)c4)cc23)c1. The van der Waals surface area contributed by atoms with Gasteiger partial charge >= 0.3 is 0 Å². The van der Waals surface area contributed by atoms with Crippen LogP contribution >= 0.6 is 0 Å². The zero-order valence-electron chi connectivity index (χ0n) is 15.9. The summed E-state index contributed by atoms with van der Waals surface area (Å²) in [5.41, 5.74) is 3.82. The Bertz CT molecular complexity index is 1100. The largest absolute Gasteiger partial charge is 0.497 e. The van der Waals surface area contributed by atoms with Gasteiger partial charge in [-0.3, -0.25) is 0 Å². The van der Waals surface area contributed by atoms with Crippen molar-refractivity contribution in [2.24, 2.45) is 0 Å². The molecule has 142 valence electrons. The molecule has 2 N–H and O–H groups in total. The number of rotatable bonds is 6. The molecule has 0 saturated heterocycles. The van der Waals surface area contributed by atoms with Gasteiger partial charge in [-0.1, -0.05) is 6.07 Å². The molecule has 0 spiro atoms. The molecule has 0 saturated carbocycles. The van der Waals surface area contributed by atoms with E-state index < -0.39 is 0 Å². The molecule has 0 fully saturated rings. The van der Waals surface area contributed by atoms with Crippen molar-refractivity contribution in [3.05, 3.63) is 60.8 Å². The molecule has 0 radical (unpaired) electrons. The van der Waals surface area contributed by atoms with E-state index in [1.165, 1.54) is 0 Å². The summed E-state index contributed by atoms with van der Waals surface area (Å²) < 4.78 is 16.1. The fourth-order valence-electron chi connectivity index (χ4n) is 3.11. The van der Waals surface area contributed by atoms with E-state index in [2.05, 4.69) is 21.4 Å². The van der Waals surface area contributed by atoms with Gasteiger partial charge in [-0.05, 0) is 36.4 Å². The fourth-order valence-corrected chi connectivity index (χ4v) is 3.11. The lowest BCUT2D eigenvalue weighted by molar-refractivity contribution is 0.394. The summed E-state index contributed by atoms with van der Waals surface area (Å²) in [4.78, 5) is 7.96. The third kappa shape index (κ3) is 3.44. The van der Waals surface area contributed by atoms with Crippen LogP contribution in [0, 0.1) is 0 Å². The molecule has 0 aliphatic rings. The van der Waals surface area contributed by atoms with Crippen molar-refractivity contribution in [3.63, 3.8) is 0 Å². The number of benzene rings is 2. The predicted molar refractivity (Wildman–Crippen MR) is 111 cm³/mol. The molecular formula is C22H21N3O3. The van der Waals surface area contributed by atoms with E-state index in [4.69, 9.17) is 14.2 Å². The Kier molecular flexibility index (Phi) is 4.76. The van der Waals surface area contributed by atoms with Crippen LogP contribution in [0.1, 0.15) is 0 Å². The zero-order chi connectivity index (χ0) is 19.5. The number of ether oxygens (including phenoxy) is 3. The lowest BCUT2D eigenvalue weighted by atomic mass is 10.1. The number of nitrogens with zero attached hydrogens (tertiary/aromatic N) is 1. The highest BCUT2D eigenvalue weighted by atomic mass is 16.5. The van der Waals surface area contributed by atoms with Gasteiger partial charge < -0.3 is 24.5 Å². The third-order valence-corrected chi connectivity index (χ3v) is 4.54. The van der Waals surface area contributed by atoms with E-state index in [1.807, 2.05) is 48.5 Å². The van der Waals surface area contributed by atoms with Gasteiger partial charge in [0.1, 0.15) is 23.1 Å². The highest BCUT2D eigenvalue weighted by Gasteiger charge is 2.11. The number of pyridine rings is 1. The Labute approximate surface area is 163 Å². The standard InChI is InChI=1S/C22H21N3O3/c1-26-16-6-4-5-15(11-16)24-22-19-13-21(25-20(19)7-8-23-22)14-9-17(27-2)12-18(10-14)28-3/h4-13,25H,1-3H3,(H,23,24). The monoisotopic (exact) mass is 375 g/mol. The van der Waals surface area contributed by atoms with Crippen LogP contribution in [0.5, 0.6) is 17.2 Å². The average molecular weight is 375 g/mol. The number of methoxy groups -OCH3 is 3. The van der Waals surface area contributed by atoms with Crippen LogP contribution in [0.15, 0.2) is 60.8 Å². The Morgan fingerprint density at radius 3 is 2.29 bits per heavy atom. The van der Waals surface area contributed by atoms with Gasteiger partial charge in [-0.25, -0.2) is 4.98 Å². The minimum atomic E-state index is 0.737. The summed E-state index contributed by atoms with van der Waals surface area (Å²) in [6.07, 6.45) is 1.78. The van der Waals surface area contributed by atoms with Gasteiger partial charge in [-0.15, -0.1) is 0 Å². The maximum atomic E-state index is 5.39. The lowest BCUT2D eigenvalue weighted by Crippen LogP contribution is -1.94. The summed E-state index contributed by atoms with van der Waals surface area (Å²) in [5.74, 6) is 3.03. The van der Waals surface area contributed by atoms with Crippen molar-refractivity contribution in [3.8, 4) is 28.5 Å². The summed E-state index contributed by atoms with van der Waals surface area (Å²) in [5, 5.41) is 4.36.